The normalized spacial score (nSPS) is 9.60. The topological polar surface area (TPSA) is 90.9 Å². The van der Waals surface area contributed by atoms with Crippen LogP contribution in [0.1, 0.15) is 5.56 Å². The molecule has 0 atom stereocenters. The van der Waals surface area contributed by atoms with Crippen LogP contribution in [0.2, 0.25) is 0 Å². The van der Waals surface area contributed by atoms with Gasteiger partial charge in [0.05, 0.1) is 16.9 Å². The van der Waals surface area contributed by atoms with Crippen LogP contribution in [-0.4, -0.2) is 6.03 Å². The second-order valence-corrected chi connectivity index (χ2v) is 3.98. The number of halogens is 1. The van der Waals surface area contributed by atoms with Crippen LogP contribution in [0.15, 0.2) is 42.5 Å². The standard InChI is InChI=1S/C14H11FN4O/c15-11-3-1-2-4-13(11)19-14(20)18-12-6-5-10(17)7-9(12)8-16/h1-7H,17H2,(H2,18,19,20). The summed E-state index contributed by atoms with van der Waals surface area (Å²) in [4.78, 5) is 11.8. The van der Waals surface area contributed by atoms with E-state index < -0.39 is 11.8 Å². The Balaban J connectivity index is 2.13. The molecule has 0 aliphatic heterocycles. The molecule has 0 fully saturated rings. The van der Waals surface area contributed by atoms with Gasteiger partial charge in [0, 0.05) is 5.69 Å². The Morgan fingerprint density at radius 2 is 1.85 bits per heavy atom. The van der Waals surface area contributed by atoms with Crippen LogP contribution in [0.5, 0.6) is 0 Å². The molecule has 0 unspecified atom stereocenters. The molecule has 0 heterocycles. The third-order valence-electron chi connectivity index (χ3n) is 2.53. The van der Waals surface area contributed by atoms with Gasteiger partial charge in [0.2, 0.25) is 0 Å². The second kappa shape index (κ2) is 5.71. The van der Waals surface area contributed by atoms with Crippen molar-refractivity contribution in [2.75, 3.05) is 16.4 Å². The van der Waals surface area contributed by atoms with Gasteiger partial charge in [-0.3, -0.25) is 0 Å². The monoisotopic (exact) mass is 270 g/mol. The van der Waals surface area contributed by atoms with Crippen molar-refractivity contribution in [1.82, 2.24) is 0 Å². The lowest BCUT2D eigenvalue weighted by Gasteiger charge is -2.09. The number of nitrogen functional groups attached to an aromatic ring is 1. The number of anilines is 3. The molecule has 0 radical (unpaired) electrons. The molecule has 20 heavy (non-hydrogen) atoms. The number of hydrogen-bond donors (Lipinski definition) is 3. The van der Waals surface area contributed by atoms with Gasteiger partial charge >= 0.3 is 6.03 Å². The van der Waals surface area contributed by atoms with Gasteiger partial charge in [0.25, 0.3) is 0 Å². The van der Waals surface area contributed by atoms with Crippen LogP contribution >= 0.6 is 0 Å². The lowest BCUT2D eigenvalue weighted by molar-refractivity contribution is 0.262. The summed E-state index contributed by atoms with van der Waals surface area (Å²) >= 11 is 0. The first kappa shape index (κ1) is 13.4. The molecule has 0 bridgehead atoms. The smallest absolute Gasteiger partial charge is 0.323 e. The van der Waals surface area contributed by atoms with E-state index in [1.54, 1.807) is 12.1 Å². The molecule has 0 aromatic heterocycles. The molecule has 0 spiro atoms. The highest BCUT2D eigenvalue weighted by Crippen LogP contribution is 2.19. The number of carbonyl (C=O) groups is 1. The zero-order valence-electron chi connectivity index (χ0n) is 10.4. The Morgan fingerprint density at radius 3 is 2.55 bits per heavy atom. The van der Waals surface area contributed by atoms with Crippen LogP contribution in [0.4, 0.5) is 26.2 Å². The number of nitrogens with zero attached hydrogens (tertiary/aromatic N) is 1. The SMILES string of the molecule is N#Cc1cc(N)ccc1NC(=O)Nc1ccccc1F. The van der Waals surface area contributed by atoms with E-state index in [9.17, 15) is 9.18 Å². The largest absolute Gasteiger partial charge is 0.399 e. The van der Waals surface area contributed by atoms with E-state index in [2.05, 4.69) is 10.6 Å². The van der Waals surface area contributed by atoms with E-state index in [1.165, 1.54) is 30.3 Å². The predicted octanol–water partition coefficient (Wildman–Crippen LogP) is 2.92. The zero-order valence-corrected chi connectivity index (χ0v) is 10.4. The molecular formula is C14H11FN4O. The number of hydrogen-bond acceptors (Lipinski definition) is 3. The average molecular weight is 270 g/mol. The maximum absolute atomic E-state index is 13.4. The molecule has 2 amide bonds. The van der Waals surface area contributed by atoms with E-state index in [1.807, 2.05) is 6.07 Å². The number of benzene rings is 2. The highest BCUT2D eigenvalue weighted by Gasteiger charge is 2.09. The van der Waals surface area contributed by atoms with Gasteiger partial charge in [-0.2, -0.15) is 5.26 Å². The fourth-order valence-corrected chi connectivity index (χ4v) is 1.60. The summed E-state index contributed by atoms with van der Waals surface area (Å²) in [5.74, 6) is -0.541. The molecular weight excluding hydrogens is 259 g/mol. The van der Waals surface area contributed by atoms with Crippen molar-refractivity contribution in [3.05, 3.63) is 53.8 Å². The number of carbonyl (C=O) groups excluding carboxylic acids is 1. The van der Waals surface area contributed by atoms with Crippen LogP contribution in [-0.2, 0) is 0 Å². The highest BCUT2D eigenvalue weighted by atomic mass is 19.1. The molecule has 5 nitrogen and oxygen atoms in total. The van der Waals surface area contributed by atoms with Gasteiger partial charge in [-0.1, -0.05) is 12.1 Å². The van der Waals surface area contributed by atoms with Gasteiger partial charge in [-0.15, -0.1) is 0 Å². The molecule has 4 N–H and O–H groups in total. The molecule has 0 aliphatic carbocycles. The maximum Gasteiger partial charge on any atom is 0.323 e. The minimum atomic E-state index is -0.642. The van der Waals surface area contributed by atoms with Crippen molar-refractivity contribution >= 4 is 23.1 Å². The summed E-state index contributed by atoms with van der Waals surface area (Å²) in [5, 5.41) is 13.8. The van der Waals surface area contributed by atoms with Crippen LogP contribution in [0, 0.1) is 17.1 Å². The molecule has 2 rings (SSSR count). The first-order chi connectivity index (χ1) is 9.60. The van der Waals surface area contributed by atoms with E-state index in [-0.39, 0.29) is 11.3 Å². The van der Waals surface area contributed by atoms with E-state index in [0.29, 0.717) is 11.4 Å². The van der Waals surface area contributed by atoms with Gasteiger partial charge < -0.3 is 16.4 Å². The number of rotatable bonds is 2. The number of urea groups is 1. The minimum absolute atomic E-state index is 0.0546. The number of nitrogens with two attached hydrogens (primary N) is 1. The van der Waals surface area contributed by atoms with Crippen molar-refractivity contribution in [2.45, 2.75) is 0 Å². The third-order valence-corrected chi connectivity index (χ3v) is 2.53. The van der Waals surface area contributed by atoms with Crippen molar-refractivity contribution in [1.29, 1.82) is 5.26 Å². The van der Waals surface area contributed by atoms with Crippen LogP contribution in [0.25, 0.3) is 0 Å². The van der Waals surface area contributed by atoms with Gasteiger partial charge in [0.1, 0.15) is 11.9 Å². The minimum Gasteiger partial charge on any atom is -0.399 e. The number of amides is 2. The summed E-state index contributed by atoms with van der Waals surface area (Å²) in [7, 11) is 0. The molecule has 0 saturated heterocycles. The van der Waals surface area contributed by atoms with Crippen molar-refractivity contribution in [3.63, 3.8) is 0 Å². The third kappa shape index (κ3) is 3.03. The first-order valence-electron chi connectivity index (χ1n) is 5.72. The van der Waals surface area contributed by atoms with E-state index in [4.69, 9.17) is 11.0 Å². The van der Waals surface area contributed by atoms with Gasteiger partial charge in [0.15, 0.2) is 0 Å². The van der Waals surface area contributed by atoms with Crippen LogP contribution in [0.3, 0.4) is 0 Å². The maximum atomic E-state index is 13.4. The van der Waals surface area contributed by atoms with E-state index >= 15 is 0 Å². The lowest BCUT2D eigenvalue weighted by Crippen LogP contribution is -2.20. The summed E-state index contributed by atoms with van der Waals surface area (Å²) < 4.78 is 13.4. The Labute approximate surface area is 114 Å². The summed E-state index contributed by atoms with van der Waals surface area (Å²) in [5.41, 5.74) is 6.55. The Hall–Kier alpha value is -3.07. The van der Waals surface area contributed by atoms with Crippen LogP contribution < -0.4 is 16.4 Å². The van der Waals surface area contributed by atoms with Gasteiger partial charge in [-0.05, 0) is 30.3 Å². The fourth-order valence-electron chi connectivity index (χ4n) is 1.60. The highest BCUT2D eigenvalue weighted by molar-refractivity contribution is 6.00. The quantitative estimate of drug-likeness (QED) is 0.733. The number of nitrogens with one attached hydrogen (secondary N) is 2. The lowest BCUT2D eigenvalue weighted by atomic mass is 10.2. The summed E-state index contributed by atoms with van der Waals surface area (Å²) in [6.45, 7) is 0. The number of para-hydroxylation sites is 1. The van der Waals surface area contributed by atoms with Crippen molar-refractivity contribution in [3.8, 4) is 6.07 Å². The van der Waals surface area contributed by atoms with Crippen molar-refractivity contribution in [2.24, 2.45) is 0 Å². The molecule has 0 saturated carbocycles. The fraction of sp³-hybridized carbons (Fsp3) is 0. The summed E-state index contributed by atoms with van der Waals surface area (Å²) in [6, 6.07) is 11.6. The Kier molecular flexibility index (Phi) is 3.82. The number of nitriles is 1. The van der Waals surface area contributed by atoms with Crippen molar-refractivity contribution < 1.29 is 9.18 Å². The second-order valence-electron chi connectivity index (χ2n) is 3.98. The molecule has 100 valence electrons. The molecule has 2 aromatic carbocycles. The van der Waals surface area contributed by atoms with E-state index in [0.717, 1.165) is 0 Å². The Bertz CT molecular complexity index is 694. The molecule has 0 aliphatic rings. The average Bonchev–Trinajstić information content (AvgIpc) is 2.43. The first-order valence-corrected chi connectivity index (χ1v) is 5.72. The molecule has 6 heteroatoms. The predicted molar refractivity (Wildman–Crippen MR) is 74.6 cm³/mol. The van der Waals surface area contributed by atoms with Gasteiger partial charge in [-0.25, -0.2) is 9.18 Å². The molecule has 2 aromatic rings. The Morgan fingerprint density at radius 1 is 1.15 bits per heavy atom. The summed E-state index contributed by atoms with van der Waals surface area (Å²) in [6.07, 6.45) is 0. The zero-order chi connectivity index (χ0) is 14.5.